The number of piperidine rings is 1. The maximum absolute atomic E-state index is 13.2. The second kappa shape index (κ2) is 7.19. The van der Waals surface area contributed by atoms with Gasteiger partial charge < -0.3 is 10.2 Å². The molecule has 2 N–H and O–H groups in total. The van der Waals surface area contributed by atoms with Crippen molar-refractivity contribution in [2.45, 2.75) is 51.7 Å². The Morgan fingerprint density at radius 2 is 1.84 bits per heavy atom. The topological polar surface area (TPSA) is 95.8 Å². The zero-order chi connectivity index (χ0) is 22.6. The van der Waals surface area contributed by atoms with Crippen molar-refractivity contribution in [3.05, 3.63) is 53.7 Å². The number of imidazole rings is 1. The normalized spacial score (nSPS) is 18.8. The van der Waals surface area contributed by atoms with E-state index in [1.165, 1.54) is 0 Å². The zero-order valence-electron chi connectivity index (χ0n) is 18.3. The van der Waals surface area contributed by atoms with Gasteiger partial charge in [-0.2, -0.15) is 0 Å². The molecule has 0 bridgehead atoms. The first-order valence-electron chi connectivity index (χ1n) is 10.7. The Kier molecular flexibility index (Phi) is 4.54. The maximum atomic E-state index is 13.2. The van der Waals surface area contributed by atoms with Gasteiger partial charge in [-0.3, -0.25) is 24.1 Å². The minimum atomic E-state index is -0.645. The van der Waals surface area contributed by atoms with Crippen LogP contribution in [0.3, 0.4) is 0 Å². The average molecular weight is 431 g/mol. The fourth-order valence-corrected chi connectivity index (χ4v) is 4.47. The molecule has 0 aliphatic carbocycles. The van der Waals surface area contributed by atoms with Gasteiger partial charge in [-0.05, 0) is 51.0 Å². The third kappa shape index (κ3) is 3.32. The fraction of sp³-hybridized carbons (Fsp3) is 0.333. The summed E-state index contributed by atoms with van der Waals surface area (Å²) < 4.78 is 2.01. The summed E-state index contributed by atoms with van der Waals surface area (Å²) in [5.74, 6) is -0.0377. The summed E-state index contributed by atoms with van der Waals surface area (Å²) in [6, 6.07) is 10.8. The summed E-state index contributed by atoms with van der Waals surface area (Å²) in [6.07, 6.45) is 2.53. The van der Waals surface area contributed by atoms with E-state index in [-0.39, 0.29) is 23.8 Å². The molecule has 2 aromatic heterocycles. The summed E-state index contributed by atoms with van der Waals surface area (Å²) in [7, 11) is 0. The Labute approximate surface area is 185 Å². The number of hydrogen-bond acceptors (Lipinski definition) is 5. The van der Waals surface area contributed by atoms with Crippen LogP contribution in [0.5, 0.6) is 0 Å². The van der Waals surface area contributed by atoms with Crippen molar-refractivity contribution in [1.82, 2.24) is 19.6 Å². The minimum absolute atomic E-state index is 0.189. The molecule has 32 heavy (non-hydrogen) atoms. The number of nitrogens with one attached hydrogen (secondary N) is 2. The van der Waals surface area contributed by atoms with Gasteiger partial charge in [0.15, 0.2) is 0 Å². The summed E-state index contributed by atoms with van der Waals surface area (Å²) >= 11 is 0. The number of anilines is 1. The number of pyridine rings is 1. The van der Waals surface area contributed by atoms with Crippen molar-refractivity contribution >= 4 is 29.2 Å². The molecule has 5 rings (SSSR count). The molecule has 1 saturated heterocycles. The van der Waals surface area contributed by atoms with E-state index < -0.39 is 11.9 Å². The Morgan fingerprint density at radius 1 is 1.06 bits per heavy atom. The van der Waals surface area contributed by atoms with Gasteiger partial charge in [0, 0.05) is 35.8 Å². The standard InChI is InChI=1S/C24H25N5O3/c1-24(2,3)27-21-20(25-18-9-4-5-12-28(18)21)14-7-6-8-15-16(14)13-29(23(15)32)17-10-11-19(30)26-22(17)31/h4-9,12,17,27H,10-11,13H2,1-3H3,(H,26,30,31). The second-order valence-corrected chi connectivity index (χ2v) is 9.34. The third-order valence-corrected chi connectivity index (χ3v) is 5.86. The predicted molar refractivity (Wildman–Crippen MR) is 120 cm³/mol. The number of carbonyl (C=O) groups excluding carboxylic acids is 3. The quantitative estimate of drug-likeness (QED) is 0.622. The van der Waals surface area contributed by atoms with Gasteiger partial charge >= 0.3 is 0 Å². The lowest BCUT2D eigenvalue weighted by molar-refractivity contribution is -0.136. The number of nitrogens with zero attached hydrogens (tertiary/aromatic N) is 3. The third-order valence-electron chi connectivity index (χ3n) is 5.86. The number of aromatic nitrogens is 2. The Morgan fingerprint density at radius 3 is 2.59 bits per heavy atom. The molecule has 8 heteroatoms. The molecule has 164 valence electrons. The largest absolute Gasteiger partial charge is 0.365 e. The Balaban J connectivity index is 1.60. The molecule has 1 atom stereocenters. The number of imide groups is 1. The molecule has 1 fully saturated rings. The molecule has 0 spiro atoms. The minimum Gasteiger partial charge on any atom is -0.365 e. The van der Waals surface area contributed by atoms with Crippen LogP contribution >= 0.6 is 0 Å². The van der Waals surface area contributed by atoms with Crippen LogP contribution in [-0.2, 0) is 16.1 Å². The first kappa shape index (κ1) is 20.2. The van der Waals surface area contributed by atoms with E-state index in [4.69, 9.17) is 4.98 Å². The Hall–Kier alpha value is -3.68. The second-order valence-electron chi connectivity index (χ2n) is 9.34. The number of carbonyl (C=O) groups is 3. The van der Waals surface area contributed by atoms with Gasteiger partial charge in [-0.25, -0.2) is 4.98 Å². The SMILES string of the molecule is CC(C)(C)Nc1c(-c2cccc3c2CN(C2CCC(=O)NC2=O)C3=O)nc2ccccn12. The molecule has 1 unspecified atom stereocenters. The monoisotopic (exact) mass is 431 g/mol. The van der Waals surface area contributed by atoms with Crippen molar-refractivity contribution in [1.29, 1.82) is 0 Å². The van der Waals surface area contributed by atoms with Gasteiger partial charge in [0.2, 0.25) is 11.8 Å². The molecule has 1 aromatic carbocycles. The van der Waals surface area contributed by atoms with Crippen LogP contribution in [0.25, 0.3) is 16.9 Å². The molecule has 0 saturated carbocycles. The number of rotatable bonds is 3. The van der Waals surface area contributed by atoms with E-state index >= 15 is 0 Å². The molecule has 2 aliphatic rings. The zero-order valence-corrected chi connectivity index (χ0v) is 18.3. The van der Waals surface area contributed by atoms with E-state index in [0.717, 1.165) is 28.3 Å². The van der Waals surface area contributed by atoms with Crippen LogP contribution in [0, 0.1) is 0 Å². The lowest BCUT2D eigenvalue weighted by atomic mass is 10.00. The fourth-order valence-electron chi connectivity index (χ4n) is 4.47. The maximum Gasteiger partial charge on any atom is 0.255 e. The first-order valence-corrected chi connectivity index (χ1v) is 10.7. The van der Waals surface area contributed by atoms with Crippen LogP contribution in [0.4, 0.5) is 5.82 Å². The number of fused-ring (bicyclic) bond motifs is 2. The highest BCUT2D eigenvalue weighted by Gasteiger charge is 2.40. The molecule has 0 radical (unpaired) electrons. The molecule has 2 aliphatic heterocycles. The average Bonchev–Trinajstić information content (AvgIpc) is 3.25. The summed E-state index contributed by atoms with van der Waals surface area (Å²) in [5.41, 5.74) is 3.65. The predicted octanol–water partition coefficient (Wildman–Crippen LogP) is 2.97. The van der Waals surface area contributed by atoms with Gasteiger partial charge in [0.25, 0.3) is 5.91 Å². The lowest BCUT2D eigenvalue weighted by Gasteiger charge is -2.29. The van der Waals surface area contributed by atoms with Crippen molar-refractivity contribution in [2.75, 3.05) is 5.32 Å². The molecule has 3 aromatic rings. The van der Waals surface area contributed by atoms with Crippen LogP contribution in [0.2, 0.25) is 0 Å². The number of benzene rings is 1. The van der Waals surface area contributed by atoms with Crippen molar-refractivity contribution in [2.24, 2.45) is 0 Å². The summed E-state index contributed by atoms with van der Waals surface area (Å²) in [4.78, 5) is 43.6. The highest BCUT2D eigenvalue weighted by Crippen LogP contribution is 2.38. The molecule has 8 nitrogen and oxygen atoms in total. The van der Waals surface area contributed by atoms with Crippen LogP contribution in [0.1, 0.15) is 49.5 Å². The van der Waals surface area contributed by atoms with E-state index in [1.54, 1.807) is 11.0 Å². The van der Waals surface area contributed by atoms with E-state index in [2.05, 4.69) is 31.4 Å². The summed E-state index contributed by atoms with van der Waals surface area (Å²) in [5, 5.41) is 5.92. The molecular formula is C24H25N5O3. The Bertz CT molecular complexity index is 1270. The highest BCUT2D eigenvalue weighted by molar-refractivity contribution is 6.06. The van der Waals surface area contributed by atoms with E-state index in [0.29, 0.717) is 18.5 Å². The molecular weight excluding hydrogens is 406 g/mol. The van der Waals surface area contributed by atoms with Crippen molar-refractivity contribution in [3.8, 4) is 11.3 Å². The number of amides is 3. The smallest absolute Gasteiger partial charge is 0.255 e. The first-order chi connectivity index (χ1) is 15.2. The van der Waals surface area contributed by atoms with Gasteiger partial charge in [-0.15, -0.1) is 0 Å². The van der Waals surface area contributed by atoms with Crippen LogP contribution in [-0.4, -0.2) is 43.6 Å². The van der Waals surface area contributed by atoms with E-state index in [9.17, 15) is 14.4 Å². The molecule has 4 heterocycles. The van der Waals surface area contributed by atoms with Crippen LogP contribution in [0.15, 0.2) is 42.6 Å². The molecule has 3 amide bonds. The van der Waals surface area contributed by atoms with Gasteiger partial charge in [0.05, 0.1) is 0 Å². The van der Waals surface area contributed by atoms with E-state index in [1.807, 2.05) is 40.9 Å². The summed E-state index contributed by atoms with van der Waals surface area (Å²) in [6.45, 7) is 6.56. The van der Waals surface area contributed by atoms with Crippen molar-refractivity contribution in [3.63, 3.8) is 0 Å². The van der Waals surface area contributed by atoms with Gasteiger partial charge in [0.1, 0.15) is 23.2 Å². The van der Waals surface area contributed by atoms with Crippen LogP contribution < -0.4 is 10.6 Å². The van der Waals surface area contributed by atoms with Gasteiger partial charge in [-0.1, -0.05) is 18.2 Å². The lowest BCUT2D eigenvalue weighted by Crippen LogP contribution is -2.52. The van der Waals surface area contributed by atoms with Crippen molar-refractivity contribution < 1.29 is 14.4 Å². The number of hydrogen-bond donors (Lipinski definition) is 2. The highest BCUT2D eigenvalue weighted by atomic mass is 16.2.